The lowest BCUT2D eigenvalue weighted by molar-refractivity contribution is 0.584. The van der Waals surface area contributed by atoms with Crippen LogP contribution in [0.2, 0.25) is 24.2 Å². The number of hydrogen-bond acceptors (Lipinski definition) is 1. The first kappa shape index (κ1) is 17.4. The van der Waals surface area contributed by atoms with Gasteiger partial charge in [-0.1, -0.05) is 69.1 Å². The van der Waals surface area contributed by atoms with Crippen LogP contribution in [0.5, 0.6) is 0 Å². The summed E-state index contributed by atoms with van der Waals surface area (Å²) < 4.78 is 0. The third-order valence-electron chi connectivity index (χ3n) is 5.68. The molecule has 0 nitrogen and oxygen atoms in total. The highest BCUT2D eigenvalue weighted by Crippen LogP contribution is 2.54. The minimum atomic E-state index is -0.667. The Hall–Kier alpha value is 0.997. The fourth-order valence-corrected chi connectivity index (χ4v) is 17.2. The van der Waals surface area contributed by atoms with Gasteiger partial charge in [0.1, 0.15) is 0 Å². The lowest BCUT2D eigenvalue weighted by Crippen LogP contribution is -2.43. The molecule has 0 unspecified atom stereocenters. The van der Waals surface area contributed by atoms with E-state index in [4.69, 9.17) is 0 Å². The minimum absolute atomic E-state index is 0.564. The third-order valence-corrected chi connectivity index (χ3v) is 15.6. The zero-order valence-electron chi connectivity index (χ0n) is 13.7. The first-order valence-corrected chi connectivity index (χ1v) is 15.2. The van der Waals surface area contributed by atoms with Crippen LogP contribution in [0, 0.1) is 0 Å². The van der Waals surface area contributed by atoms with Crippen molar-refractivity contribution in [2.24, 2.45) is 0 Å². The van der Waals surface area contributed by atoms with Crippen LogP contribution in [0.4, 0.5) is 0 Å². The molecular weight excluding hydrogens is 295 g/mol. The van der Waals surface area contributed by atoms with Crippen LogP contribution in [-0.2, 0) is 0 Å². The van der Waals surface area contributed by atoms with Crippen molar-refractivity contribution in [3.63, 3.8) is 0 Å². The molecule has 0 N–H and O–H groups in total. The van der Waals surface area contributed by atoms with Crippen LogP contribution in [0.15, 0.2) is 0 Å². The SMILES string of the molecule is CSCCCCCCCCCC[Si]12CCP(CC1)CC2. The zero-order chi connectivity index (χ0) is 14.1. The van der Waals surface area contributed by atoms with Crippen LogP contribution >= 0.6 is 19.7 Å². The van der Waals surface area contributed by atoms with Gasteiger partial charge < -0.3 is 0 Å². The fraction of sp³-hybridized carbons (Fsp3) is 1.00. The monoisotopic (exact) mass is 330 g/mol. The molecule has 20 heavy (non-hydrogen) atoms. The molecule has 0 spiro atoms. The quantitative estimate of drug-likeness (QED) is 0.239. The molecular formula is C17H35PSSi. The van der Waals surface area contributed by atoms with Gasteiger partial charge in [0.2, 0.25) is 0 Å². The number of thioether (sulfide) groups is 1. The zero-order valence-corrected chi connectivity index (χ0v) is 16.4. The lowest BCUT2D eigenvalue weighted by Gasteiger charge is -2.45. The number of rotatable bonds is 11. The van der Waals surface area contributed by atoms with Gasteiger partial charge in [-0.3, -0.25) is 0 Å². The van der Waals surface area contributed by atoms with E-state index in [0.29, 0.717) is 7.92 Å². The Morgan fingerprint density at radius 3 is 1.80 bits per heavy atom. The van der Waals surface area contributed by atoms with Crippen molar-refractivity contribution in [1.29, 1.82) is 0 Å². The van der Waals surface area contributed by atoms with Gasteiger partial charge in [-0.2, -0.15) is 11.8 Å². The molecule has 118 valence electrons. The van der Waals surface area contributed by atoms with Gasteiger partial charge in [0.25, 0.3) is 0 Å². The number of unbranched alkanes of at least 4 members (excludes halogenated alkanes) is 7. The number of fused-ring (bicyclic) bond motifs is 3. The first-order valence-electron chi connectivity index (χ1n) is 9.06. The van der Waals surface area contributed by atoms with E-state index in [1.807, 2.05) is 11.8 Å². The van der Waals surface area contributed by atoms with Gasteiger partial charge >= 0.3 is 0 Å². The molecule has 0 amide bonds. The summed E-state index contributed by atoms with van der Waals surface area (Å²) in [5.41, 5.74) is 0. The van der Waals surface area contributed by atoms with Crippen molar-refractivity contribution in [2.75, 3.05) is 30.5 Å². The largest absolute Gasteiger partial charge is 0.165 e. The van der Waals surface area contributed by atoms with E-state index in [-0.39, 0.29) is 0 Å². The molecule has 0 atom stereocenters. The maximum absolute atomic E-state index is 2.22. The summed E-state index contributed by atoms with van der Waals surface area (Å²) in [5, 5.41) is 0. The summed E-state index contributed by atoms with van der Waals surface area (Å²) in [6.07, 6.45) is 19.4. The molecule has 3 aliphatic heterocycles. The topological polar surface area (TPSA) is 0 Å². The highest BCUT2D eigenvalue weighted by atomic mass is 32.2. The maximum atomic E-state index is 2.22. The number of hydrogen-bond donors (Lipinski definition) is 0. The Balaban J connectivity index is 1.40. The standard InChI is InChI=1S/C17H35PSSi/c1-19-13-8-6-4-2-3-5-7-9-14-20-15-10-18(11-16-20)12-17-20/h2-17H2,1H3. The predicted octanol–water partition coefficient (Wildman–Crippen LogP) is 6.43. The van der Waals surface area contributed by atoms with Gasteiger partial charge in [-0.25, -0.2) is 0 Å². The van der Waals surface area contributed by atoms with E-state index in [9.17, 15) is 0 Å². The molecule has 0 radical (unpaired) electrons. The summed E-state index contributed by atoms with van der Waals surface area (Å²) in [7, 11) is -0.103. The van der Waals surface area contributed by atoms with Gasteiger partial charge in [0.15, 0.2) is 0 Å². The van der Waals surface area contributed by atoms with Gasteiger partial charge in [0.05, 0.1) is 8.07 Å². The van der Waals surface area contributed by atoms with Crippen molar-refractivity contribution in [3.05, 3.63) is 0 Å². The van der Waals surface area contributed by atoms with Gasteiger partial charge in [-0.05, 0) is 36.9 Å². The summed E-state index contributed by atoms with van der Waals surface area (Å²) in [5.74, 6) is 1.37. The van der Waals surface area contributed by atoms with Crippen LogP contribution in [-0.4, -0.2) is 38.6 Å². The summed E-state index contributed by atoms with van der Waals surface area (Å²) in [6, 6.07) is 6.94. The molecule has 3 aliphatic rings. The van der Waals surface area contributed by atoms with E-state index < -0.39 is 8.07 Å². The molecule has 0 aliphatic carbocycles. The van der Waals surface area contributed by atoms with Crippen molar-refractivity contribution in [1.82, 2.24) is 0 Å². The normalized spacial score (nSPS) is 28.9. The van der Waals surface area contributed by atoms with Crippen LogP contribution in [0.25, 0.3) is 0 Å². The molecule has 3 saturated heterocycles. The van der Waals surface area contributed by atoms with Crippen molar-refractivity contribution in [3.8, 4) is 0 Å². The molecule has 3 heteroatoms. The highest BCUT2D eigenvalue weighted by Gasteiger charge is 2.40. The summed E-state index contributed by atoms with van der Waals surface area (Å²) in [4.78, 5) is 0. The van der Waals surface area contributed by atoms with Crippen LogP contribution < -0.4 is 0 Å². The molecule has 3 heterocycles. The van der Waals surface area contributed by atoms with Crippen molar-refractivity contribution >= 4 is 27.8 Å². The molecule has 3 fully saturated rings. The Morgan fingerprint density at radius 2 is 1.25 bits per heavy atom. The Labute approximate surface area is 134 Å². The lowest BCUT2D eigenvalue weighted by atomic mass is 10.1. The first-order chi connectivity index (χ1) is 9.85. The molecule has 0 aromatic heterocycles. The summed E-state index contributed by atoms with van der Waals surface area (Å²) in [6.45, 7) is 0. The Morgan fingerprint density at radius 1 is 0.750 bits per heavy atom. The van der Waals surface area contributed by atoms with Crippen molar-refractivity contribution < 1.29 is 0 Å². The van der Waals surface area contributed by atoms with E-state index in [2.05, 4.69) is 6.26 Å². The summed E-state index contributed by atoms with van der Waals surface area (Å²) >= 11 is 2.00. The molecule has 0 saturated carbocycles. The van der Waals surface area contributed by atoms with E-state index >= 15 is 0 Å². The highest BCUT2D eigenvalue weighted by molar-refractivity contribution is 7.98. The maximum Gasteiger partial charge on any atom is 0.0546 e. The minimum Gasteiger partial charge on any atom is -0.165 e. The van der Waals surface area contributed by atoms with Crippen LogP contribution in [0.1, 0.15) is 51.4 Å². The van der Waals surface area contributed by atoms with Gasteiger partial charge in [-0.15, -0.1) is 7.92 Å². The van der Waals surface area contributed by atoms with E-state index in [0.717, 1.165) is 0 Å². The Bertz CT molecular complexity index is 238. The van der Waals surface area contributed by atoms with Crippen LogP contribution in [0.3, 0.4) is 0 Å². The van der Waals surface area contributed by atoms with E-state index in [1.54, 1.807) is 55.5 Å². The van der Waals surface area contributed by atoms with Crippen molar-refractivity contribution in [2.45, 2.75) is 75.5 Å². The average molecular weight is 331 g/mol. The predicted molar refractivity (Wildman–Crippen MR) is 102 cm³/mol. The second kappa shape index (κ2) is 9.90. The molecule has 0 aromatic rings. The smallest absolute Gasteiger partial charge is 0.0546 e. The van der Waals surface area contributed by atoms with Gasteiger partial charge in [0, 0.05) is 0 Å². The molecule has 0 aromatic carbocycles. The second-order valence-corrected chi connectivity index (χ2v) is 15.8. The third kappa shape index (κ3) is 6.01. The Kier molecular flexibility index (Phi) is 8.59. The fourth-order valence-electron chi connectivity index (χ4n) is 4.08. The van der Waals surface area contributed by atoms with E-state index in [1.165, 1.54) is 44.3 Å². The molecule has 3 rings (SSSR count). The second-order valence-electron chi connectivity index (χ2n) is 7.16. The average Bonchev–Trinajstić information content (AvgIpc) is 2.51. The molecule has 2 bridgehead atoms.